The SMILES string of the molecule is CC(C)C(=O)c1cc[n+]([O-])cc1. The second-order valence-electron chi connectivity index (χ2n) is 2.97. The van der Waals surface area contributed by atoms with Gasteiger partial charge in [-0.15, -0.1) is 0 Å². The smallest absolute Gasteiger partial charge is 0.181 e. The van der Waals surface area contributed by atoms with Crippen LogP contribution in [-0.2, 0) is 0 Å². The third-order valence-corrected chi connectivity index (χ3v) is 1.61. The average molecular weight is 165 g/mol. The summed E-state index contributed by atoms with van der Waals surface area (Å²) >= 11 is 0. The molecule has 0 fully saturated rings. The molecule has 0 saturated carbocycles. The van der Waals surface area contributed by atoms with Crippen molar-refractivity contribution in [3.63, 3.8) is 0 Å². The Kier molecular flexibility index (Phi) is 2.43. The number of pyridine rings is 1. The van der Waals surface area contributed by atoms with Crippen molar-refractivity contribution >= 4 is 5.78 Å². The molecule has 0 spiro atoms. The summed E-state index contributed by atoms with van der Waals surface area (Å²) in [5.74, 6) is 0.0445. The molecule has 0 saturated heterocycles. The Morgan fingerprint density at radius 2 is 1.92 bits per heavy atom. The normalized spacial score (nSPS) is 10.2. The number of nitrogens with zero attached hydrogens (tertiary/aromatic N) is 1. The summed E-state index contributed by atoms with van der Waals surface area (Å²) in [7, 11) is 0. The lowest BCUT2D eigenvalue weighted by Crippen LogP contribution is -2.24. The number of hydrogen-bond donors (Lipinski definition) is 0. The van der Waals surface area contributed by atoms with Gasteiger partial charge in [-0.2, -0.15) is 4.73 Å². The zero-order valence-electron chi connectivity index (χ0n) is 7.15. The lowest BCUT2D eigenvalue weighted by Gasteiger charge is -2.02. The van der Waals surface area contributed by atoms with Gasteiger partial charge in [-0.05, 0) is 0 Å². The standard InChI is InChI=1S/C9H11NO2/c1-7(2)9(11)8-3-5-10(12)6-4-8/h3-7H,1-2H3. The van der Waals surface area contributed by atoms with Crippen LogP contribution in [-0.4, -0.2) is 5.78 Å². The minimum Gasteiger partial charge on any atom is -0.619 e. The van der Waals surface area contributed by atoms with E-state index in [1.807, 2.05) is 13.8 Å². The Bertz CT molecular complexity index is 277. The lowest BCUT2D eigenvalue weighted by molar-refractivity contribution is -0.605. The maximum atomic E-state index is 11.3. The van der Waals surface area contributed by atoms with Crippen molar-refractivity contribution in [2.24, 2.45) is 5.92 Å². The third-order valence-electron chi connectivity index (χ3n) is 1.61. The summed E-state index contributed by atoms with van der Waals surface area (Å²) in [4.78, 5) is 11.3. The molecule has 0 aliphatic carbocycles. The maximum absolute atomic E-state index is 11.3. The van der Waals surface area contributed by atoms with E-state index in [2.05, 4.69) is 0 Å². The summed E-state index contributed by atoms with van der Waals surface area (Å²) in [6, 6.07) is 3.07. The van der Waals surface area contributed by atoms with Gasteiger partial charge in [-0.25, -0.2) is 0 Å². The van der Waals surface area contributed by atoms with Gasteiger partial charge in [-0.1, -0.05) is 13.8 Å². The van der Waals surface area contributed by atoms with E-state index in [0.717, 1.165) is 0 Å². The van der Waals surface area contributed by atoms with Crippen LogP contribution in [0.4, 0.5) is 0 Å². The van der Waals surface area contributed by atoms with Crippen molar-refractivity contribution in [2.45, 2.75) is 13.8 Å². The predicted octanol–water partition coefficient (Wildman–Crippen LogP) is 1.16. The summed E-state index contributed by atoms with van der Waals surface area (Å²) in [6.45, 7) is 3.67. The van der Waals surface area contributed by atoms with Crippen LogP contribution >= 0.6 is 0 Å². The molecule has 1 rings (SSSR count). The van der Waals surface area contributed by atoms with E-state index >= 15 is 0 Å². The van der Waals surface area contributed by atoms with Crippen molar-refractivity contribution in [3.8, 4) is 0 Å². The van der Waals surface area contributed by atoms with Gasteiger partial charge in [0.1, 0.15) is 0 Å². The minimum atomic E-state index is -0.0208. The molecule has 0 aromatic carbocycles. The number of carbonyl (C=O) groups is 1. The van der Waals surface area contributed by atoms with Crippen molar-refractivity contribution in [3.05, 3.63) is 35.3 Å². The van der Waals surface area contributed by atoms with E-state index in [1.54, 1.807) is 0 Å². The quantitative estimate of drug-likeness (QED) is 0.375. The summed E-state index contributed by atoms with van der Waals surface area (Å²) in [5.41, 5.74) is 0.595. The molecule has 1 heterocycles. The van der Waals surface area contributed by atoms with Crippen LogP contribution in [0.5, 0.6) is 0 Å². The highest BCUT2D eigenvalue weighted by Crippen LogP contribution is 2.05. The fourth-order valence-electron chi connectivity index (χ4n) is 0.910. The predicted molar refractivity (Wildman–Crippen MR) is 44.6 cm³/mol. The van der Waals surface area contributed by atoms with Gasteiger partial charge >= 0.3 is 0 Å². The van der Waals surface area contributed by atoms with Crippen molar-refractivity contribution in [2.75, 3.05) is 0 Å². The Hall–Kier alpha value is -1.38. The number of rotatable bonds is 2. The second-order valence-corrected chi connectivity index (χ2v) is 2.97. The molecule has 3 heteroatoms. The van der Waals surface area contributed by atoms with Crippen LogP contribution in [0, 0.1) is 11.1 Å². The van der Waals surface area contributed by atoms with E-state index in [9.17, 15) is 10.0 Å². The van der Waals surface area contributed by atoms with E-state index in [-0.39, 0.29) is 11.7 Å². The molecule has 0 unspecified atom stereocenters. The molecule has 0 bridgehead atoms. The van der Waals surface area contributed by atoms with Crippen LogP contribution in [0.25, 0.3) is 0 Å². The molecular weight excluding hydrogens is 154 g/mol. The maximum Gasteiger partial charge on any atom is 0.181 e. The molecule has 3 nitrogen and oxygen atoms in total. The molecule has 0 aliphatic rings. The first-order valence-electron chi connectivity index (χ1n) is 3.84. The largest absolute Gasteiger partial charge is 0.619 e. The molecule has 64 valence electrons. The Labute approximate surface area is 71.2 Å². The summed E-state index contributed by atoms with van der Waals surface area (Å²) in [5, 5.41) is 10.6. The monoisotopic (exact) mass is 165 g/mol. The molecule has 0 amide bonds. The molecule has 0 N–H and O–H groups in total. The first-order chi connectivity index (χ1) is 5.61. The lowest BCUT2D eigenvalue weighted by atomic mass is 10.0. The van der Waals surface area contributed by atoms with E-state index in [1.165, 1.54) is 24.5 Å². The van der Waals surface area contributed by atoms with Crippen LogP contribution in [0.1, 0.15) is 24.2 Å². The Morgan fingerprint density at radius 1 is 1.42 bits per heavy atom. The van der Waals surface area contributed by atoms with Gasteiger partial charge in [0.25, 0.3) is 0 Å². The van der Waals surface area contributed by atoms with E-state index in [0.29, 0.717) is 10.3 Å². The number of hydrogen-bond acceptors (Lipinski definition) is 2. The van der Waals surface area contributed by atoms with Crippen molar-refractivity contribution in [1.82, 2.24) is 0 Å². The Balaban J connectivity index is 2.90. The number of ketones is 1. The molecule has 12 heavy (non-hydrogen) atoms. The van der Waals surface area contributed by atoms with Gasteiger partial charge in [0.2, 0.25) is 0 Å². The molecule has 1 aromatic heterocycles. The zero-order valence-corrected chi connectivity index (χ0v) is 7.15. The first-order valence-corrected chi connectivity index (χ1v) is 3.84. The molecule has 1 aromatic rings. The summed E-state index contributed by atoms with van der Waals surface area (Å²) < 4.78 is 0.664. The number of carbonyl (C=O) groups excluding carboxylic acids is 1. The van der Waals surface area contributed by atoms with Gasteiger partial charge in [0.15, 0.2) is 18.2 Å². The molecule has 0 aliphatic heterocycles. The van der Waals surface area contributed by atoms with Crippen LogP contribution in [0.15, 0.2) is 24.5 Å². The topological polar surface area (TPSA) is 44.0 Å². The average Bonchev–Trinajstić information content (AvgIpc) is 2.04. The summed E-state index contributed by atoms with van der Waals surface area (Å²) in [6.07, 6.45) is 2.66. The van der Waals surface area contributed by atoms with Gasteiger partial charge in [0, 0.05) is 23.6 Å². The Morgan fingerprint density at radius 3 is 2.33 bits per heavy atom. The first kappa shape index (κ1) is 8.71. The minimum absolute atomic E-state index is 0.0208. The fraction of sp³-hybridized carbons (Fsp3) is 0.333. The third kappa shape index (κ3) is 1.81. The highest BCUT2D eigenvalue weighted by molar-refractivity contribution is 5.97. The zero-order chi connectivity index (χ0) is 9.14. The van der Waals surface area contributed by atoms with Crippen LogP contribution in [0.2, 0.25) is 0 Å². The molecule has 0 atom stereocenters. The second kappa shape index (κ2) is 3.34. The van der Waals surface area contributed by atoms with Gasteiger partial charge in [-0.3, -0.25) is 4.79 Å². The van der Waals surface area contributed by atoms with Gasteiger partial charge < -0.3 is 5.21 Å². The fourth-order valence-corrected chi connectivity index (χ4v) is 0.910. The van der Waals surface area contributed by atoms with Crippen molar-refractivity contribution < 1.29 is 9.52 Å². The molecule has 0 radical (unpaired) electrons. The van der Waals surface area contributed by atoms with E-state index in [4.69, 9.17) is 0 Å². The van der Waals surface area contributed by atoms with E-state index < -0.39 is 0 Å². The highest BCUT2D eigenvalue weighted by Gasteiger charge is 2.10. The highest BCUT2D eigenvalue weighted by atomic mass is 16.5. The number of Topliss-reactive ketones (excluding diaryl/α,β-unsaturated/α-hetero) is 1. The van der Waals surface area contributed by atoms with Crippen molar-refractivity contribution in [1.29, 1.82) is 0 Å². The van der Waals surface area contributed by atoms with Crippen LogP contribution < -0.4 is 4.73 Å². The van der Waals surface area contributed by atoms with Gasteiger partial charge in [0.05, 0.1) is 0 Å². The van der Waals surface area contributed by atoms with Crippen LogP contribution in [0.3, 0.4) is 0 Å². The number of aromatic nitrogens is 1. The molecular formula is C9H11NO2.